The molecule has 1 amide bonds. The number of amides is 1. The van der Waals surface area contributed by atoms with Crippen molar-refractivity contribution in [1.29, 1.82) is 0 Å². The standard InChI is InChI=1S/C10H14N2O3S/c1-6-7(16-5-12-6)8(13)11-4-10(2,3)9(14)15/h5H,4H2,1-3H3,(H,11,13)(H,14,15). The van der Waals surface area contributed by atoms with Crippen molar-refractivity contribution in [3.8, 4) is 0 Å². The highest BCUT2D eigenvalue weighted by Crippen LogP contribution is 2.15. The molecule has 1 heterocycles. The van der Waals surface area contributed by atoms with E-state index in [0.717, 1.165) is 0 Å². The minimum atomic E-state index is -0.964. The summed E-state index contributed by atoms with van der Waals surface area (Å²) in [5, 5.41) is 11.5. The van der Waals surface area contributed by atoms with Crippen molar-refractivity contribution < 1.29 is 14.7 Å². The van der Waals surface area contributed by atoms with Crippen LogP contribution in [0.25, 0.3) is 0 Å². The zero-order chi connectivity index (χ0) is 12.3. The van der Waals surface area contributed by atoms with Crippen LogP contribution in [-0.4, -0.2) is 28.5 Å². The molecule has 0 aliphatic carbocycles. The first-order chi connectivity index (χ1) is 7.34. The third-order valence-electron chi connectivity index (χ3n) is 2.22. The molecule has 0 aliphatic heterocycles. The number of carbonyl (C=O) groups excluding carboxylic acids is 1. The summed E-state index contributed by atoms with van der Waals surface area (Å²) in [4.78, 5) is 27.0. The summed E-state index contributed by atoms with van der Waals surface area (Å²) in [5.74, 6) is -1.21. The maximum Gasteiger partial charge on any atom is 0.310 e. The normalized spacial score (nSPS) is 11.2. The summed E-state index contributed by atoms with van der Waals surface area (Å²) in [6.07, 6.45) is 0. The Balaban J connectivity index is 2.61. The van der Waals surface area contributed by atoms with Crippen LogP contribution >= 0.6 is 11.3 Å². The van der Waals surface area contributed by atoms with Crippen LogP contribution in [-0.2, 0) is 4.79 Å². The molecule has 0 bridgehead atoms. The Morgan fingerprint density at radius 3 is 2.62 bits per heavy atom. The van der Waals surface area contributed by atoms with Crippen molar-refractivity contribution in [2.75, 3.05) is 6.54 Å². The van der Waals surface area contributed by atoms with Gasteiger partial charge in [0.25, 0.3) is 5.91 Å². The number of aliphatic carboxylic acids is 1. The van der Waals surface area contributed by atoms with Gasteiger partial charge in [0.15, 0.2) is 0 Å². The van der Waals surface area contributed by atoms with Crippen molar-refractivity contribution >= 4 is 23.2 Å². The molecule has 5 nitrogen and oxygen atoms in total. The van der Waals surface area contributed by atoms with Gasteiger partial charge in [0.05, 0.1) is 16.6 Å². The van der Waals surface area contributed by atoms with Crippen molar-refractivity contribution in [3.05, 3.63) is 16.1 Å². The number of hydrogen-bond donors (Lipinski definition) is 2. The predicted molar refractivity (Wildman–Crippen MR) is 60.6 cm³/mol. The Morgan fingerprint density at radius 1 is 1.56 bits per heavy atom. The van der Waals surface area contributed by atoms with Crippen LogP contribution < -0.4 is 5.32 Å². The van der Waals surface area contributed by atoms with Gasteiger partial charge in [-0.15, -0.1) is 11.3 Å². The average molecular weight is 242 g/mol. The summed E-state index contributed by atoms with van der Waals surface area (Å²) < 4.78 is 0. The number of carboxylic acid groups (broad SMARTS) is 1. The SMILES string of the molecule is Cc1ncsc1C(=O)NCC(C)(C)C(=O)O. The molecule has 0 spiro atoms. The molecule has 0 atom stereocenters. The van der Waals surface area contributed by atoms with Crippen molar-refractivity contribution in [1.82, 2.24) is 10.3 Å². The molecule has 0 saturated carbocycles. The van der Waals surface area contributed by atoms with Crippen LogP contribution in [0.1, 0.15) is 29.2 Å². The van der Waals surface area contributed by atoms with Crippen LogP contribution in [0.5, 0.6) is 0 Å². The van der Waals surface area contributed by atoms with E-state index in [9.17, 15) is 9.59 Å². The Morgan fingerprint density at radius 2 is 2.19 bits per heavy atom. The zero-order valence-corrected chi connectivity index (χ0v) is 10.2. The largest absolute Gasteiger partial charge is 0.481 e. The summed E-state index contributed by atoms with van der Waals surface area (Å²) in [7, 11) is 0. The van der Waals surface area contributed by atoms with E-state index in [-0.39, 0.29) is 12.5 Å². The highest BCUT2D eigenvalue weighted by atomic mass is 32.1. The molecule has 0 fully saturated rings. The van der Waals surface area contributed by atoms with E-state index in [1.54, 1.807) is 26.3 Å². The number of aromatic nitrogens is 1. The number of carbonyl (C=O) groups is 2. The van der Waals surface area contributed by atoms with E-state index >= 15 is 0 Å². The number of nitrogens with zero attached hydrogens (tertiary/aromatic N) is 1. The van der Waals surface area contributed by atoms with Gasteiger partial charge in [-0.25, -0.2) is 4.98 Å². The lowest BCUT2D eigenvalue weighted by Crippen LogP contribution is -2.38. The van der Waals surface area contributed by atoms with Gasteiger partial charge in [-0.05, 0) is 20.8 Å². The van der Waals surface area contributed by atoms with E-state index in [1.165, 1.54) is 11.3 Å². The van der Waals surface area contributed by atoms with Gasteiger partial charge in [-0.2, -0.15) is 0 Å². The molecule has 2 N–H and O–H groups in total. The van der Waals surface area contributed by atoms with Gasteiger partial charge in [0.1, 0.15) is 4.88 Å². The molecule has 1 rings (SSSR count). The fourth-order valence-electron chi connectivity index (χ4n) is 0.977. The molecule has 6 heteroatoms. The number of carboxylic acids is 1. The van der Waals surface area contributed by atoms with Gasteiger partial charge in [0.2, 0.25) is 0 Å². The monoisotopic (exact) mass is 242 g/mol. The third-order valence-corrected chi connectivity index (χ3v) is 3.15. The van der Waals surface area contributed by atoms with Crippen LogP contribution in [0.4, 0.5) is 0 Å². The van der Waals surface area contributed by atoms with E-state index in [0.29, 0.717) is 10.6 Å². The minimum Gasteiger partial charge on any atom is -0.481 e. The lowest BCUT2D eigenvalue weighted by molar-refractivity contribution is -0.146. The maximum absolute atomic E-state index is 11.7. The Kier molecular flexibility index (Phi) is 3.64. The third kappa shape index (κ3) is 2.79. The minimum absolute atomic E-state index is 0.0957. The Bertz CT molecular complexity index is 412. The fraction of sp³-hybridized carbons (Fsp3) is 0.500. The number of aryl methyl sites for hydroxylation is 1. The summed E-state index contributed by atoms with van der Waals surface area (Å²) in [6.45, 7) is 4.97. The second-order valence-electron chi connectivity index (χ2n) is 4.14. The van der Waals surface area contributed by atoms with E-state index in [2.05, 4.69) is 10.3 Å². The number of nitrogens with one attached hydrogen (secondary N) is 1. The number of thiazole rings is 1. The first-order valence-corrected chi connectivity index (χ1v) is 5.64. The molecule has 0 radical (unpaired) electrons. The van der Waals surface area contributed by atoms with Gasteiger partial charge in [0, 0.05) is 6.54 Å². The van der Waals surface area contributed by atoms with Crippen molar-refractivity contribution in [3.63, 3.8) is 0 Å². The van der Waals surface area contributed by atoms with Crippen molar-refractivity contribution in [2.45, 2.75) is 20.8 Å². The fourth-order valence-corrected chi connectivity index (χ4v) is 1.70. The first kappa shape index (κ1) is 12.6. The summed E-state index contributed by atoms with van der Waals surface area (Å²) in [5.41, 5.74) is 1.29. The first-order valence-electron chi connectivity index (χ1n) is 4.76. The van der Waals surface area contributed by atoms with Crippen molar-refractivity contribution in [2.24, 2.45) is 5.41 Å². The van der Waals surface area contributed by atoms with E-state index < -0.39 is 11.4 Å². The van der Waals surface area contributed by atoms with Crippen LogP contribution in [0, 0.1) is 12.3 Å². The lowest BCUT2D eigenvalue weighted by Gasteiger charge is -2.19. The maximum atomic E-state index is 11.7. The molecule has 0 saturated heterocycles. The highest BCUT2D eigenvalue weighted by molar-refractivity contribution is 7.11. The van der Waals surface area contributed by atoms with Gasteiger partial charge in [-0.1, -0.05) is 0 Å². The van der Waals surface area contributed by atoms with Gasteiger partial charge < -0.3 is 10.4 Å². The summed E-state index contributed by atoms with van der Waals surface area (Å²) >= 11 is 1.25. The van der Waals surface area contributed by atoms with Crippen LogP contribution in [0.15, 0.2) is 5.51 Å². The second-order valence-corrected chi connectivity index (χ2v) is 4.99. The Labute approximate surface area is 97.5 Å². The van der Waals surface area contributed by atoms with Gasteiger partial charge >= 0.3 is 5.97 Å². The smallest absolute Gasteiger partial charge is 0.310 e. The molecule has 0 unspecified atom stereocenters. The van der Waals surface area contributed by atoms with E-state index in [1.807, 2.05) is 0 Å². The topological polar surface area (TPSA) is 79.3 Å². The van der Waals surface area contributed by atoms with Gasteiger partial charge in [-0.3, -0.25) is 9.59 Å². The second kappa shape index (κ2) is 4.61. The molecule has 16 heavy (non-hydrogen) atoms. The Hall–Kier alpha value is -1.43. The summed E-state index contributed by atoms with van der Waals surface area (Å²) in [6, 6.07) is 0. The molecule has 1 aromatic heterocycles. The number of hydrogen-bond acceptors (Lipinski definition) is 4. The predicted octanol–water partition coefficient (Wildman–Crippen LogP) is 1.29. The number of rotatable bonds is 4. The lowest BCUT2D eigenvalue weighted by atomic mass is 9.94. The highest BCUT2D eigenvalue weighted by Gasteiger charge is 2.28. The van der Waals surface area contributed by atoms with E-state index in [4.69, 9.17) is 5.11 Å². The average Bonchev–Trinajstić information content (AvgIpc) is 2.61. The molecule has 88 valence electrons. The molecule has 0 aromatic carbocycles. The zero-order valence-electron chi connectivity index (χ0n) is 9.40. The molecular formula is C10H14N2O3S. The molecule has 0 aliphatic rings. The quantitative estimate of drug-likeness (QED) is 0.833. The van der Waals surface area contributed by atoms with Crippen LogP contribution in [0.2, 0.25) is 0 Å². The van der Waals surface area contributed by atoms with Crippen LogP contribution in [0.3, 0.4) is 0 Å². The molecular weight excluding hydrogens is 228 g/mol. The molecule has 1 aromatic rings.